The van der Waals surface area contributed by atoms with Crippen molar-refractivity contribution >= 4 is 17.7 Å². The fourth-order valence-electron chi connectivity index (χ4n) is 3.63. The third-order valence-corrected chi connectivity index (χ3v) is 5.03. The highest BCUT2D eigenvalue weighted by Crippen LogP contribution is 2.33. The molecule has 2 aromatic rings. The summed E-state index contributed by atoms with van der Waals surface area (Å²) in [6, 6.07) is 13.1. The van der Waals surface area contributed by atoms with Crippen LogP contribution >= 0.6 is 0 Å². The Balaban J connectivity index is 1.81. The lowest BCUT2D eigenvalue weighted by Gasteiger charge is -2.34. The van der Waals surface area contributed by atoms with Crippen LogP contribution in [-0.4, -0.2) is 35.2 Å². The van der Waals surface area contributed by atoms with E-state index in [1.807, 2.05) is 51.1 Å². The highest BCUT2D eigenvalue weighted by molar-refractivity contribution is 6.22. The quantitative estimate of drug-likeness (QED) is 0.830. The maximum atomic E-state index is 12.9. The van der Waals surface area contributed by atoms with Crippen LogP contribution in [0.3, 0.4) is 0 Å². The van der Waals surface area contributed by atoms with Crippen LogP contribution in [-0.2, 0) is 17.6 Å². The lowest BCUT2D eigenvalue weighted by atomic mass is 9.92. The lowest BCUT2D eigenvalue weighted by molar-refractivity contribution is -0.119. The van der Waals surface area contributed by atoms with Crippen molar-refractivity contribution in [1.82, 2.24) is 10.2 Å². The molecular weight excluding hydrogens is 340 g/mol. The number of hydrogen-bond donors (Lipinski definition) is 1. The highest BCUT2D eigenvalue weighted by atomic mass is 16.2. The molecule has 0 aromatic heterocycles. The number of rotatable bonds is 5. The molecule has 5 nitrogen and oxygen atoms in total. The van der Waals surface area contributed by atoms with Gasteiger partial charge in [-0.25, -0.2) is 0 Å². The molecule has 27 heavy (non-hydrogen) atoms. The van der Waals surface area contributed by atoms with Gasteiger partial charge < -0.3 is 5.32 Å². The number of likely N-dealkylation sites (N-methyl/N-ethyl adjacent to an activating group) is 1. The fourth-order valence-corrected chi connectivity index (χ4v) is 3.63. The van der Waals surface area contributed by atoms with Gasteiger partial charge in [0, 0.05) is 12.6 Å². The minimum absolute atomic E-state index is 0.0375. The van der Waals surface area contributed by atoms with E-state index in [4.69, 9.17) is 0 Å². The van der Waals surface area contributed by atoms with E-state index >= 15 is 0 Å². The van der Waals surface area contributed by atoms with Gasteiger partial charge in [0.25, 0.3) is 11.8 Å². The van der Waals surface area contributed by atoms with Crippen molar-refractivity contribution in [2.75, 3.05) is 7.05 Å². The van der Waals surface area contributed by atoms with Crippen LogP contribution in [0.15, 0.2) is 42.5 Å². The van der Waals surface area contributed by atoms with Crippen molar-refractivity contribution < 1.29 is 14.4 Å². The van der Waals surface area contributed by atoms with Crippen molar-refractivity contribution in [2.45, 2.75) is 39.2 Å². The van der Waals surface area contributed by atoms with Crippen molar-refractivity contribution in [3.05, 3.63) is 70.3 Å². The molecule has 0 saturated heterocycles. The summed E-state index contributed by atoms with van der Waals surface area (Å²) in [6.07, 6.45) is 0.871. The van der Waals surface area contributed by atoms with Crippen LogP contribution < -0.4 is 5.32 Å². The van der Waals surface area contributed by atoms with Crippen LogP contribution in [0.5, 0.6) is 0 Å². The zero-order chi connectivity index (χ0) is 19.8. The molecule has 3 amide bonds. The van der Waals surface area contributed by atoms with Gasteiger partial charge in [0.05, 0.1) is 17.5 Å². The average molecular weight is 364 g/mol. The number of nitrogens with zero attached hydrogens (tertiary/aromatic N) is 1. The largest absolute Gasteiger partial charge is 0.359 e. The molecule has 2 aromatic carbocycles. The number of fused-ring (bicyclic) bond motifs is 1. The third kappa shape index (κ3) is 3.50. The minimum atomic E-state index is -0.665. The summed E-state index contributed by atoms with van der Waals surface area (Å²) in [6.45, 7) is 5.66. The second kappa shape index (κ2) is 6.99. The molecule has 0 unspecified atom stereocenters. The molecule has 1 N–H and O–H groups in total. The summed E-state index contributed by atoms with van der Waals surface area (Å²) >= 11 is 0. The zero-order valence-corrected chi connectivity index (χ0v) is 16.1. The zero-order valence-electron chi connectivity index (χ0n) is 16.1. The van der Waals surface area contributed by atoms with Gasteiger partial charge in [-0.15, -0.1) is 0 Å². The molecule has 0 aliphatic carbocycles. The van der Waals surface area contributed by atoms with Crippen LogP contribution in [0.2, 0.25) is 0 Å². The highest BCUT2D eigenvalue weighted by Gasteiger charge is 2.44. The number of amides is 3. The molecule has 0 saturated carbocycles. The Morgan fingerprint density at radius 3 is 2.22 bits per heavy atom. The van der Waals surface area contributed by atoms with E-state index in [2.05, 4.69) is 5.32 Å². The van der Waals surface area contributed by atoms with E-state index < -0.39 is 5.54 Å². The number of hydrogen-bond acceptors (Lipinski definition) is 3. The molecule has 1 aliphatic rings. The summed E-state index contributed by atoms with van der Waals surface area (Å²) < 4.78 is 0. The smallest absolute Gasteiger partial charge is 0.262 e. The second-order valence-electron chi connectivity index (χ2n) is 7.60. The van der Waals surface area contributed by atoms with E-state index in [0.29, 0.717) is 24.0 Å². The lowest BCUT2D eigenvalue weighted by Crippen LogP contribution is -2.49. The van der Waals surface area contributed by atoms with Gasteiger partial charge in [0.1, 0.15) is 0 Å². The first-order valence-electron chi connectivity index (χ1n) is 9.01. The number of nitrogens with one attached hydrogen (secondary N) is 1. The SMILES string of the molecule is CNC(=O)Cc1ccc(CC(C)(C)N2C(=O)c3cccc(C)c3C2=O)cc1. The Kier molecular flexibility index (Phi) is 4.87. The number of carbonyl (C=O) groups is 3. The van der Waals surface area contributed by atoms with Gasteiger partial charge >= 0.3 is 0 Å². The van der Waals surface area contributed by atoms with Crippen molar-refractivity contribution in [3.63, 3.8) is 0 Å². The van der Waals surface area contributed by atoms with Gasteiger partial charge in [0.15, 0.2) is 0 Å². The Morgan fingerprint density at radius 2 is 1.63 bits per heavy atom. The Labute approximate surface area is 159 Å². The number of benzene rings is 2. The normalized spacial score (nSPS) is 13.7. The summed E-state index contributed by atoms with van der Waals surface area (Å²) in [5, 5.41) is 2.61. The van der Waals surface area contributed by atoms with Gasteiger partial charge in [0.2, 0.25) is 5.91 Å². The average Bonchev–Trinajstić information content (AvgIpc) is 2.89. The van der Waals surface area contributed by atoms with Crippen molar-refractivity contribution in [3.8, 4) is 0 Å². The summed E-state index contributed by atoms with van der Waals surface area (Å²) in [4.78, 5) is 38.7. The molecule has 0 bridgehead atoms. The Hall–Kier alpha value is -2.95. The van der Waals surface area contributed by atoms with Crippen LogP contribution in [0, 0.1) is 6.92 Å². The van der Waals surface area contributed by atoms with Gasteiger partial charge in [-0.3, -0.25) is 19.3 Å². The van der Waals surface area contributed by atoms with E-state index in [0.717, 1.165) is 16.7 Å². The molecule has 3 rings (SSSR count). The van der Waals surface area contributed by atoms with Gasteiger partial charge in [-0.2, -0.15) is 0 Å². The van der Waals surface area contributed by atoms with E-state index in [9.17, 15) is 14.4 Å². The second-order valence-corrected chi connectivity index (χ2v) is 7.60. The molecule has 1 heterocycles. The van der Waals surface area contributed by atoms with E-state index in [1.165, 1.54) is 4.90 Å². The number of imide groups is 1. The minimum Gasteiger partial charge on any atom is -0.359 e. The summed E-state index contributed by atoms with van der Waals surface area (Å²) in [5.41, 5.74) is 3.08. The van der Waals surface area contributed by atoms with Crippen molar-refractivity contribution in [1.29, 1.82) is 0 Å². The molecule has 0 radical (unpaired) electrons. The Morgan fingerprint density at radius 1 is 1.00 bits per heavy atom. The first-order valence-corrected chi connectivity index (χ1v) is 9.01. The standard InChI is InChI=1S/C22H24N2O3/c1-14-6-5-7-17-19(14)21(27)24(20(17)26)22(2,3)13-16-10-8-15(9-11-16)12-18(25)23-4/h5-11H,12-13H2,1-4H3,(H,23,25). The molecule has 5 heteroatoms. The Bertz CT molecular complexity index is 914. The van der Waals surface area contributed by atoms with E-state index in [-0.39, 0.29) is 17.7 Å². The molecule has 140 valence electrons. The van der Waals surface area contributed by atoms with Gasteiger partial charge in [-0.1, -0.05) is 36.4 Å². The van der Waals surface area contributed by atoms with Crippen molar-refractivity contribution in [2.24, 2.45) is 0 Å². The third-order valence-electron chi connectivity index (χ3n) is 5.03. The van der Waals surface area contributed by atoms with Crippen LogP contribution in [0.1, 0.15) is 51.3 Å². The predicted octanol–water partition coefficient (Wildman–Crippen LogP) is 2.90. The fraction of sp³-hybridized carbons (Fsp3) is 0.318. The van der Waals surface area contributed by atoms with Crippen LogP contribution in [0.4, 0.5) is 0 Å². The maximum Gasteiger partial charge on any atom is 0.262 e. The predicted molar refractivity (Wildman–Crippen MR) is 104 cm³/mol. The summed E-state index contributed by atoms with van der Waals surface area (Å²) in [7, 11) is 1.61. The first kappa shape index (κ1) is 18.8. The molecule has 1 aliphatic heterocycles. The number of carbonyl (C=O) groups excluding carboxylic acids is 3. The number of aryl methyl sites for hydroxylation is 1. The van der Waals surface area contributed by atoms with Gasteiger partial charge in [-0.05, 0) is 49.9 Å². The maximum absolute atomic E-state index is 12.9. The topological polar surface area (TPSA) is 66.5 Å². The molecule has 0 fully saturated rings. The monoisotopic (exact) mass is 364 g/mol. The van der Waals surface area contributed by atoms with Crippen LogP contribution in [0.25, 0.3) is 0 Å². The molecule has 0 atom stereocenters. The van der Waals surface area contributed by atoms with E-state index in [1.54, 1.807) is 19.2 Å². The molecule has 0 spiro atoms. The molecular formula is C22H24N2O3. The first-order chi connectivity index (χ1) is 12.7. The summed E-state index contributed by atoms with van der Waals surface area (Å²) in [5.74, 6) is -0.501.